The lowest BCUT2D eigenvalue weighted by Crippen LogP contribution is -2.28. The lowest BCUT2D eigenvalue weighted by Gasteiger charge is -2.22. The first-order chi connectivity index (χ1) is 9.19. The molecule has 108 valence electrons. The number of carbonyl (C=O) groups is 1. The number of nitrogens with one attached hydrogen (secondary N) is 1. The molecule has 0 amide bonds. The Balaban J connectivity index is 1.29. The highest BCUT2D eigenvalue weighted by molar-refractivity contribution is 5.66. The minimum absolute atomic E-state index is 0.328. The van der Waals surface area contributed by atoms with Crippen LogP contribution in [0.2, 0.25) is 0 Å². The summed E-state index contributed by atoms with van der Waals surface area (Å²) in [6.45, 7) is 2.28. The van der Waals surface area contributed by atoms with Crippen LogP contribution in [-0.4, -0.2) is 24.2 Å². The molecule has 0 aromatic carbocycles. The summed E-state index contributed by atoms with van der Waals surface area (Å²) in [4.78, 5) is 10.4. The van der Waals surface area contributed by atoms with E-state index in [2.05, 4.69) is 5.32 Å². The summed E-state index contributed by atoms with van der Waals surface area (Å²) in [5.74, 6) is 0.276. The van der Waals surface area contributed by atoms with Crippen LogP contribution in [0.15, 0.2) is 0 Å². The molecule has 2 N–H and O–H groups in total. The van der Waals surface area contributed by atoms with Gasteiger partial charge in [0.1, 0.15) is 0 Å². The molecule has 0 aliphatic heterocycles. The molecule has 3 nitrogen and oxygen atoms in total. The molecule has 3 rings (SSSR count). The Labute approximate surface area is 116 Å². The first-order valence-electron chi connectivity index (χ1n) is 8.11. The zero-order chi connectivity index (χ0) is 13.3. The van der Waals surface area contributed by atoms with Crippen molar-refractivity contribution in [1.82, 2.24) is 5.32 Å². The largest absolute Gasteiger partial charge is 0.481 e. The molecule has 2 unspecified atom stereocenters. The second-order valence-corrected chi connectivity index (χ2v) is 7.11. The quantitative estimate of drug-likeness (QED) is 0.663. The highest BCUT2D eigenvalue weighted by Crippen LogP contribution is 2.82. The van der Waals surface area contributed by atoms with Crippen molar-refractivity contribution >= 4 is 5.97 Å². The number of carboxylic acid groups (broad SMARTS) is 1. The maximum Gasteiger partial charge on any atom is 0.303 e. The molecule has 3 heteroatoms. The summed E-state index contributed by atoms with van der Waals surface area (Å²) in [7, 11) is 0. The van der Waals surface area contributed by atoms with Crippen molar-refractivity contribution in [1.29, 1.82) is 0 Å². The molecule has 3 aliphatic carbocycles. The molecule has 0 aromatic heterocycles. The molecule has 0 spiro atoms. The van der Waals surface area contributed by atoms with Crippen LogP contribution >= 0.6 is 0 Å². The molecule has 0 saturated heterocycles. The third-order valence-electron chi connectivity index (χ3n) is 6.25. The molecule has 0 aromatic rings. The van der Waals surface area contributed by atoms with E-state index in [1.54, 1.807) is 0 Å². The zero-order valence-corrected chi connectivity index (χ0v) is 11.9. The van der Waals surface area contributed by atoms with E-state index in [1.165, 1.54) is 45.1 Å². The maximum absolute atomic E-state index is 10.4. The highest BCUT2D eigenvalue weighted by Gasteiger charge is 2.74. The molecule has 3 aliphatic rings. The molecular weight excluding hydrogens is 238 g/mol. The molecule has 3 fully saturated rings. The van der Waals surface area contributed by atoms with Gasteiger partial charge in [-0.05, 0) is 74.8 Å². The molecule has 0 radical (unpaired) electrons. The molecular formula is C16H27NO2. The normalized spacial score (nSPS) is 39.1. The predicted molar refractivity (Wildman–Crippen MR) is 75.0 cm³/mol. The van der Waals surface area contributed by atoms with Gasteiger partial charge in [-0.3, -0.25) is 4.79 Å². The van der Waals surface area contributed by atoms with Gasteiger partial charge in [0.15, 0.2) is 0 Å². The summed E-state index contributed by atoms with van der Waals surface area (Å²) < 4.78 is 0. The van der Waals surface area contributed by atoms with Crippen molar-refractivity contribution in [2.45, 2.75) is 64.2 Å². The van der Waals surface area contributed by atoms with E-state index in [-0.39, 0.29) is 0 Å². The summed E-state index contributed by atoms with van der Waals surface area (Å²) in [5.41, 5.74) is 1.57. The van der Waals surface area contributed by atoms with Crippen molar-refractivity contribution in [3.05, 3.63) is 0 Å². The van der Waals surface area contributed by atoms with Crippen molar-refractivity contribution in [3.63, 3.8) is 0 Å². The Morgan fingerprint density at radius 1 is 1.21 bits per heavy atom. The van der Waals surface area contributed by atoms with Gasteiger partial charge < -0.3 is 10.4 Å². The lowest BCUT2D eigenvalue weighted by atomic mass is 9.88. The van der Waals surface area contributed by atoms with Crippen LogP contribution in [0.4, 0.5) is 0 Å². The average Bonchev–Trinajstić information content (AvgIpc) is 2.75. The van der Waals surface area contributed by atoms with E-state index >= 15 is 0 Å². The van der Waals surface area contributed by atoms with Gasteiger partial charge >= 0.3 is 5.97 Å². The van der Waals surface area contributed by atoms with Crippen LogP contribution < -0.4 is 5.32 Å². The van der Waals surface area contributed by atoms with Gasteiger partial charge in [-0.2, -0.15) is 0 Å². The first-order valence-corrected chi connectivity index (χ1v) is 8.11. The second kappa shape index (κ2) is 5.08. The van der Waals surface area contributed by atoms with Gasteiger partial charge in [0.25, 0.3) is 0 Å². The van der Waals surface area contributed by atoms with E-state index < -0.39 is 5.97 Å². The molecule has 0 bridgehead atoms. The molecule has 0 heterocycles. The van der Waals surface area contributed by atoms with Crippen LogP contribution in [0.1, 0.15) is 64.2 Å². The van der Waals surface area contributed by atoms with E-state index in [1.807, 2.05) is 0 Å². The van der Waals surface area contributed by atoms with E-state index in [0.29, 0.717) is 6.42 Å². The Hall–Kier alpha value is -0.570. The Kier molecular flexibility index (Phi) is 3.59. The summed E-state index contributed by atoms with van der Waals surface area (Å²) in [6, 6.07) is 0. The van der Waals surface area contributed by atoms with E-state index in [4.69, 9.17) is 5.11 Å². The Morgan fingerprint density at radius 3 is 2.89 bits per heavy atom. The predicted octanol–water partition coefficient (Wildman–Crippen LogP) is 3.19. The van der Waals surface area contributed by atoms with Gasteiger partial charge in [-0.25, -0.2) is 0 Å². The minimum atomic E-state index is -0.663. The summed E-state index contributed by atoms with van der Waals surface area (Å²) in [6.07, 6.45) is 12.3. The summed E-state index contributed by atoms with van der Waals surface area (Å²) in [5, 5.41) is 12.2. The SMILES string of the molecule is O=C(O)CCCCCNC[C@H]1CCC23CCCC12C3. The fraction of sp³-hybridized carbons (Fsp3) is 0.938. The number of unbranched alkanes of at least 4 members (excludes halogenated alkanes) is 2. The molecule has 19 heavy (non-hydrogen) atoms. The van der Waals surface area contributed by atoms with Crippen molar-refractivity contribution < 1.29 is 9.90 Å². The third-order valence-corrected chi connectivity index (χ3v) is 6.25. The third kappa shape index (κ3) is 2.31. The second-order valence-electron chi connectivity index (χ2n) is 7.11. The number of aliphatic carboxylic acids is 1. The van der Waals surface area contributed by atoms with Crippen LogP contribution in [0.3, 0.4) is 0 Å². The van der Waals surface area contributed by atoms with Crippen LogP contribution in [-0.2, 0) is 4.79 Å². The minimum Gasteiger partial charge on any atom is -0.481 e. The van der Waals surface area contributed by atoms with Gasteiger partial charge in [-0.15, -0.1) is 0 Å². The van der Waals surface area contributed by atoms with Gasteiger partial charge in [-0.1, -0.05) is 12.8 Å². The van der Waals surface area contributed by atoms with Crippen LogP contribution in [0, 0.1) is 16.7 Å². The smallest absolute Gasteiger partial charge is 0.303 e. The number of rotatable bonds is 8. The van der Waals surface area contributed by atoms with Crippen molar-refractivity contribution in [2.24, 2.45) is 16.7 Å². The Bertz CT molecular complexity index is 349. The zero-order valence-electron chi connectivity index (χ0n) is 11.9. The average molecular weight is 265 g/mol. The first kappa shape index (κ1) is 13.4. The van der Waals surface area contributed by atoms with E-state index in [0.717, 1.165) is 42.6 Å². The van der Waals surface area contributed by atoms with E-state index in [9.17, 15) is 4.79 Å². The molecule has 3 atom stereocenters. The lowest BCUT2D eigenvalue weighted by molar-refractivity contribution is -0.137. The summed E-state index contributed by atoms with van der Waals surface area (Å²) >= 11 is 0. The fourth-order valence-corrected chi connectivity index (χ4v) is 5.24. The van der Waals surface area contributed by atoms with Crippen molar-refractivity contribution in [2.75, 3.05) is 13.1 Å². The highest BCUT2D eigenvalue weighted by atomic mass is 16.4. The standard InChI is InChI=1S/C16H27NO2/c18-14(19)5-2-1-3-10-17-11-13-6-9-15-7-4-8-16(13,15)12-15/h13,17H,1-12H2,(H,18,19)/t13-,15?,16?/m1/s1. The monoisotopic (exact) mass is 265 g/mol. The van der Waals surface area contributed by atoms with Crippen LogP contribution in [0.25, 0.3) is 0 Å². The molecule has 3 saturated carbocycles. The Morgan fingerprint density at radius 2 is 2.11 bits per heavy atom. The number of hydrogen-bond acceptors (Lipinski definition) is 2. The van der Waals surface area contributed by atoms with Gasteiger partial charge in [0.05, 0.1) is 0 Å². The fourth-order valence-electron chi connectivity index (χ4n) is 5.24. The number of hydrogen-bond donors (Lipinski definition) is 2. The van der Waals surface area contributed by atoms with Gasteiger partial charge in [0, 0.05) is 6.42 Å². The topological polar surface area (TPSA) is 49.3 Å². The number of carboxylic acids is 1. The van der Waals surface area contributed by atoms with Crippen LogP contribution in [0.5, 0.6) is 0 Å². The van der Waals surface area contributed by atoms with Crippen molar-refractivity contribution in [3.8, 4) is 0 Å². The van der Waals surface area contributed by atoms with Gasteiger partial charge in [0.2, 0.25) is 0 Å². The maximum atomic E-state index is 10.4.